The number of likely N-dealkylation sites (tertiary alicyclic amines) is 1. The van der Waals surface area contributed by atoms with Crippen LogP contribution in [0.5, 0.6) is 0 Å². The van der Waals surface area contributed by atoms with Gasteiger partial charge in [-0.15, -0.1) is 0 Å². The maximum atomic E-state index is 13.0. The first kappa shape index (κ1) is 20.1. The molecule has 4 rings (SSSR count). The SMILES string of the molecule is Cc1ccccc1C(=O)N1CCN(C(=O)C2CC(=O)N(Cc3ccccc3)C2)CC1. The fourth-order valence-electron chi connectivity index (χ4n) is 4.27. The summed E-state index contributed by atoms with van der Waals surface area (Å²) in [5.74, 6) is -0.211. The van der Waals surface area contributed by atoms with E-state index in [0.29, 0.717) is 39.3 Å². The van der Waals surface area contributed by atoms with E-state index in [0.717, 1.165) is 16.7 Å². The van der Waals surface area contributed by atoms with Gasteiger partial charge in [0, 0.05) is 51.3 Å². The van der Waals surface area contributed by atoms with E-state index in [2.05, 4.69) is 0 Å². The van der Waals surface area contributed by atoms with Crippen LogP contribution in [0.15, 0.2) is 54.6 Å². The van der Waals surface area contributed by atoms with Crippen molar-refractivity contribution in [3.05, 3.63) is 71.3 Å². The second-order valence-electron chi connectivity index (χ2n) is 8.09. The zero-order valence-electron chi connectivity index (χ0n) is 17.3. The molecule has 3 amide bonds. The molecule has 0 aromatic heterocycles. The van der Waals surface area contributed by atoms with Crippen LogP contribution in [0.1, 0.15) is 27.9 Å². The van der Waals surface area contributed by atoms with Gasteiger partial charge in [-0.3, -0.25) is 14.4 Å². The molecule has 6 nitrogen and oxygen atoms in total. The normalized spacial score (nSPS) is 19.3. The third kappa shape index (κ3) is 4.22. The fraction of sp³-hybridized carbons (Fsp3) is 0.375. The number of carbonyl (C=O) groups excluding carboxylic acids is 3. The molecule has 0 N–H and O–H groups in total. The Bertz CT molecular complexity index is 936. The number of rotatable bonds is 4. The van der Waals surface area contributed by atoms with Gasteiger partial charge in [-0.1, -0.05) is 48.5 Å². The molecule has 2 fully saturated rings. The highest BCUT2D eigenvalue weighted by Gasteiger charge is 2.37. The summed E-state index contributed by atoms with van der Waals surface area (Å²) in [4.78, 5) is 43.6. The lowest BCUT2D eigenvalue weighted by atomic mass is 10.1. The number of hydrogen-bond acceptors (Lipinski definition) is 3. The molecule has 1 unspecified atom stereocenters. The first-order valence-electron chi connectivity index (χ1n) is 10.5. The molecule has 0 radical (unpaired) electrons. The number of carbonyl (C=O) groups is 3. The first-order chi connectivity index (χ1) is 14.5. The van der Waals surface area contributed by atoms with E-state index in [1.165, 1.54) is 0 Å². The van der Waals surface area contributed by atoms with E-state index in [9.17, 15) is 14.4 Å². The third-order valence-corrected chi connectivity index (χ3v) is 6.03. The van der Waals surface area contributed by atoms with Crippen LogP contribution >= 0.6 is 0 Å². The smallest absolute Gasteiger partial charge is 0.254 e. The number of nitrogens with zero attached hydrogens (tertiary/aromatic N) is 3. The number of benzene rings is 2. The van der Waals surface area contributed by atoms with Crippen molar-refractivity contribution in [1.82, 2.24) is 14.7 Å². The summed E-state index contributed by atoms with van der Waals surface area (Å²) in [6.07, 6.45) is 0.272. The zero-order chi connectivity index (χ0) is 21.1. The van der Waals surface area contributed by atoms with Crippen molar-refractivity contribution in [3.63, 3.8) is 0 Å². The summed E-state index contributed by atoms with van der Waals surface area (Å²) in [5.41, 5.74) is 2.75. The molecular formula is C24H27N3O3. The fourth-order valence-corrected chi connectivity index (χ4v) is 4.27. The van der Waals surface area contributed by atoms with Crippen LogP contribution in [-0.2, 0) is 16.1 Å². The van der Waals surface area contributed by atoms with E-state index in [1.807, 2.05) is 71.3 Å². The van der Waals surface area contributed by atoms with E-state index < -0.39 is 0 Å². The molecule has 156 valence electrons. The molecule has 1 atom stereocenters. The summed E-state index contributed by atoms with van der Waals surface area (Å²) < 4.78 is 0. The molecule has 30 heavy (non-hydrogen) atoms. The second-order valence-corrected chi connectivity index (χ2v) is 8.09. The van der Waals surface area contributed by atoms with Gasteiger partial charge in [-0.25, -0.2) is 0 Å². The highest BCUT2D eigenvalue weighted by molar-refractivity contribution is 5.96. The molecule has 2 aromatic rings. The van der Waals surface area contributed by atoms with Gasteiger partial charge in [0.25, 0.3) is 5.91 Å². The van der Waals surface area contributed by atoms with Gasteiger partial charge in [0.05, 0.1) is 5.92 Å². The molecule has 2 saturated heterocycles. The number of aryl methyl sites for hydroxylation is 1. The van der Waals surface area contributed by atoms with Gasteiger partial charge < -0.3 is 14.7 Å². The van der Waals surface area contributed by atoms with Gasteiger partial charge in [0.2, 0.25) is 11.8 Å². The van der Waals surface area contributed by atoms with E-state index in [1.54, 1.807) is 4.90 Å². The number of amides is 3. The standard InChI is InChI=1S/C24H27N3O3/c1-18-7-5-6-10-21(18)24(30)26-13-11-25(12-14-26)23(29)20-15-22(28)27(17-20)16-19-8-3-2-4-9-19/h2-10,20H,11-17H2,1H3. The lowest BCUT2D eigenvalue weighted by molar-refractivity contribution is -0.137. The second kappa shape index (κ2) is 8.69. The summed E-state index contributed by atoms with van der Waals surface area (Å²) in [6.45, 7) is 5.02. The summed E-state index contributed by atoms with van der Waals surface area (Å²) >= 11 is 0. The lowest BCUT2D eigenvalue weighted by Gasteiger charge is -2.36. The van der Waals surface area contributed by atoms with Gasteiger partial charge in [0.15, 0.2) is 0 Å². The molecule has 2 aliphatic heterocycles. The predicted molar refractivity (Wildman–Crippen MR) is 114 cm³/mol. The minimum absolute atomic E-state index is 0.0188. The minimum atomic E-state index is -0.292. The maximum absolute atomic E-state index is 13.0. The molecule has 6 heteroatoms. The van der Waals surface area contributed by atoms with Crippen LogP contribution in [0.25, 0.3) is 0 Å². The van der Waals surface area contributed by atoms with Crippen molar-refractivity contribution < 1.29 is 14.4 Å². The topological polar surface area (TPSA) is 60.9 Å². The summed E-state index contributed by atoms with van der Waals surface area (Å²) in [6, 6.07) is 17.4. The van der Waals surface area contributed by atoms with E-state index in [-0.39, 0.29) is 30.1 Å². The van der Waals surface area contributed by atoms with Crippen molar-refractivity contribution >= 4 is 17.7 Å². The largest absolute Gasteiger partial charge is 0.339 e. The molecule has 0 saturated carbocycles. The highest BCUT2D eigenvalue weighted by Crippen LogP contribution is 2.23. The van der Waals surface area contributed by atoms with Crippen LogP contribution in [0.2, 0.25) is 0 Å². The molecule has 0 bridgehead atoms. The Morgan fingerprint density at radius 3 is 2.23 bits per heavy atom. The molecular weight excluding hydrogens is 378 g/mol. The Balaban J connectivity index is 1.32. The molecule has 2 aliphatic rings. The van der Waals surface area contributed by atoms with Crippen LogP contribution in [0.3, 0.4) is 0 Å². The first-order valence-corrected chi connectivity index (χ1v) is 10.5. The Kier molecular flexibility index (Phi) is 5.84. The quantitative estimate of drug-likeness (QED) is 0.784. The van der Waals surface area contributed by atoms with Gasteiger partial charge in [0.1, 0.15) is 0 Å². The Hall–Kier alpha value is -3.15. The van der Waals surface area contributed by atoms with E-state index in [4.69, 9.17) is 0 Å². The van der Waals surface area contributed by atoms with Crippen molar-refractivity contribution in [3.8, 4) is 0 Å². The van der Waals surface area contributed by atoms with Crippen LogP contribution in [0.4, 0.5) is 0 Å². The number of piperazine rings is 1. The highest BCUT2D eigenvalue weighted by atomic mass is 16.2. The van der Waals surface area contributed by atoms with Crippen molar-refractivity contribution in [2.24, 2.45) is 5.92 Å². The van der Waals surface area contributed by atoms with Gasteiger partial charge in [-0.05, 0) is 24.1 Å². The number of hydrogen-bond donors (Lipinski definition) is 0. The van der Waals surface area contributed by atoms with Crippen LogP contribution in [-0.4, -0.2) is 65.1 Å². The minimum Gasteiger partial charge on any atom is -0.339 e. The summed E-state index contributed by atoms with van der Waals surface area (Å²) in [5, 5.41) is 0. The van der Waals surface area contributed by atoms with Crippen LogP contribution < -0.4 is 0 Å². The Morgan fingerprint density at radius 2 is 1.53 bits per heavy atom. The maximum Gasteiger partial charge on any atom is 0.254 e. The summed E-state index contributed by atoms with van der Waals surface area (Å²) in [7, 11) is 0. The zero-order valence-corrected chi connectivity index (χ0v) is 17.3. The lowest BCUT2D eigenvalue weighted by Crippen LogP contribution is -2.52. The molecule has 0 spiro atoms. The predicted octanol–water partition coefficient (Wildman–Crippen LogP) is 2.33. The van der Waals surface area contributed by atoms with Crippen molar-refractivity contribution in [2.75, 3.05) is 32.7 Å². The average Bonchev–Trinajstić information content (AvgIpc) is 3.14. The van der Waals surface area contributed by atoms with Crippen molar-refractivity contribution in [1.29, 1.82) is 0 Å². The molecule has 0 aliphatic carbocycles. The Morgan fingerprint density at radius 1 is 0.900 bits per heavy atom. The Labute approximate surface area is 177 Å². The van der Waals surface area contributed by atoms with Crippen LogP contribution in [0, 0.1) is 12.8 Å². The van der Waals surface area contributed by atoms with Crippen molar-refractivity contribution in [2.45, 2.75) is 19.9 Å². The average molecular weight is 405 g/mol. The van der Waals surface area contributed by atoms with E-state index >= 15 is 0 Å². The monoisotopic (exact) mass is 405 g/mol. The van der Waals surface area contributed by atoms with Gasteiger partial charge >= 0.3 is 0 Å². The van der Waals surface area contributed by atoms with Gasteiger partial charge in [-0.2, -0.15) is 0 Å². The molecule has 2 heterocycles. The molecule has 2 aromatic carbocycles. The third-order valence-electron chi connectivity index (χ3n) is 6.03.